The predicted octanol–water partition coefficient (Wildman–Crippen LogP) is 1.73. The highest BCUT2D eigenvalue weighted by Gasteiger charge is 2.08. The van der Waals surface area contributed by atoms with Crippen molar-refractivity contribution < 1.29 is 19.0 Å². The molecule has 0 bridgehead atoms. The van der Waals surface area contributed by atoms with Crippen molar-refractivity contribution >= 4 is 0 Å². The van der Waals surface area contributed by atoms with Crippen molar-refractivity contribution in [2.45, 2.75) is 19.6 Å². The fourth-order valence-corrected chi connectivity index (χ4v) is 1.27. The molecule has 3 nitrogen and oxygen atoms in total. The molecule has 0 fully saturated rings. The highest BCUT2D eigenvalue weighted by molar-refractivity contribution is 5.33. The molecule has 15 heavy (non-hydrogen) atoms. The molecule has 0 spiro atoms. The maximum absolute atomic E-state index is 12.8. The normalized spacial score (nSPS) is 12.5. The summed E-state index contributed by atoms with van der Waals surface area (Å²) in [6.07, 6.45) is -0.134. The van der Waals surface area contributed by atoms with Gasteiger partial charge in [-0.2, -0.15) is 0 Å². The molecule has 0 saturated heterocycles. The Labute approximate surface area is 88.4 Å². The Bertz CT molecular complexity index is 315. The molecule has 1 aromatic rings. The van der Waals surface area contributed by atoms with Crippen LogP contribution in [-0.2, 0) is 11.3 Å². The number of benzene rings is 1. The second-order valence-electron chi connectivity index (χ2n) is 3.29. The third kappa shape index (κ3) is 3.49. The second kappa shape index (κ2) is 5.68. The maximum atomic E-state index is 12.8. The van der Waals surface area contributed by atoms with Gasteiger partial charge in [-0.15, -0.1) is 0 Å². The summed E-state index contributed by atoms with van der Waals surface area (Å²) in [6, 6.07) is 4.07. The molecule has 84 valence electrons. The first kappa shape index (κ1) is 11.9. The first-order valence-electron chi connectivity index (χ1n) is 4.72. The van der Waals surface area contributed by atoms with E-state index in [2.05, 4.69) is 0 Å². The van der Waals surface area contributed by atoms with Crippen LogP contribution in [0.25, 0.3) is 0 Å². The van der Waals surface area contributed by atoms with E-state index in [1.807, 2.05) is 6.92 Å². The molecule has 0 heterocycles. The summed E-state index contributed by atoms with van der Waals surface area (Å²) in [5.41, 5.74) is 0.443. The smallest absolute Gasteiger partial charge is 0.125 e. The predicted molar refractivity (Wildman–Crippen MR) is 54.3 cm³/mol. The number of aliphatic hydroxyl groups excluding tert-OH is 1. The zero-order valence-corrected chi connectivity index (χ0v) is 8.87. The van der Waals surface area contributed by atoms with E-state index in [0.717, 1.165) is 0 Å². The Morgan fingerprint density at radius 1 is 1.47 bits per heavy atom. The summed E-state index contributed by atoms with van der Waals surface area (Å²) in [5.74, 6) is 0.106. The van der Waals surface area contributed by atoms with E-state index in [0.29, 0.717) is 17.9 Å². The lowest BCUT2D eigenvalue weighted by atomic mass is 10.2. The standard InChI is InChI=1S/C11H15FO3/c1-8(7-14-2)15-11-4-3-10(12)5-9(11)6-13/h3-5,8,13H,6-7H2,1-2H3. The largest absolute Gasteiger partial charge is 0.488 e. The Morgan fingerprint density at radius 3 is 2.80 bits per heavy atom. The molecular formula is C11H15FO3. The molecule has 1 N–H and O–H groups in total. The molecule has 0 radical (unpaired) electrons. The minimum atomic E-state index is -0.384. The SMILES string of the molecule is COCC(C)Oc1ccc(F)cc1CO. The number of methoxy groups -OCH3 is 1. The van der Waals surface area contributed by atoms with E-state index in [1.54, 1.807) is 7.11 Å². The topological polar surface area (TPSA) is 38.7 Å². The van der Waals surface area contributed by atoms with Gasteiger partial charge in [-0.1, -0.05) is 0 Å². The van der Waals surface area contributed by atoms with Crippen molar-refractivity contribution in [3.05, 3.63) is 29.6 Å². The first-order valence-corrected chi connectivity index (χ1v) is 4.72. The maximum Gasteiger partial charge on any atom is 0.125 e. The van der Waals surface area contributed by atoms with Crippen LogP contribution < -0.4 is 4.74 Å². The lowest BCUT2D eigenvalue weighted by molar-refractivity contribution is 0.0902. The average Bonchev–Trinajstić information content (AvgIpc) is 2.21. The molecule has 0 amide bonds. The fourth-order valence-electron chi connectivity index (χ4n) is 1.27. The zero-order chi connectivity index (χ0) is 11.3. The first-order chi connectivity index (χ1) is 7.17. The summed E-state index contributed by atoms with van der Waals surface area (Å²) in [6.45, 7) is 2.04. The minimum Gasteiger partial charge on any atom is -0.488 e. The van der Waals surface area contributed by atoms with Gasteiger partial charge in [0.1, 0.15) is 17.7 Å². The number of rotatable bonds is 5. The van der Waals surface area contributed by atoms with E-state index < -0.39 is 0 Å². The van der Waals surface area contributed by atoms with Gasteiger partial charge in [0.05, 0.1) is 13.2 Å². The summed E-state index contributed by atoms with van der Waals surface area (Å²) >= 11 is 0. The van der Waals surface area contributed by atoms with E-state index in [-0.39, 0.29) is 18.5 Å². The summed E-state index contributed by atoms with van der Waals surface area (Å²) in [5, 5.41) is 9.01. The van der Waals surface area contributed by atoms with E-state index >= 15 is 0 Å². The van der Waals surface area contributed by atoms with Gasteiger partial charge >= 0.3 is 0 Å². The monoisotopic (exact) mass is 214 g/mol. The lowest BCUT2D eigenvalue weighted by Crippen LogP contribution is -2.18. The Hall–Kier alpha value is -1.13. The minimum absolute atomic E-state index is 0.134. The highest BCUT2D eigenvalue weighted by Crippen LogP contribution is 2.20. The van der Waals surface area contributed by atoms with Gasteiger partial charge in [-0.3, -0.25) is 0 Å². The molecule has 1 rings (SSSR count). The summed E-state index contributed by atoms with van der Waals surface area (Å²) in [4.78, 5) is 0. The quantitative estimate of drug-likeness (QED) is 0.811. The average molecular weight is 214 g/mol. The summed E-state index contributed by atoms with van der Waals surface area (Å²) < 4.78 is 23.2. The van der Waals surface area contributed by atoms with Crippen LogP contribution in [0.2, 0.25) is 0 Å². The number of halogens is 1. The van der Waals surface area contributed by atoms with Crippen LogP contribution in [0, 0.1) is 5.82 Å². The number of ether oxygens (including phenoxy) is 2. The Balaban J connectivity index is 2.75. The van der Waals surface area contributed by atoms with Crippen molar-refractivity contribution in [3.8, 4) is 5.75 Å². The summed E-state index contributed by atoms with van der Waals surface area (Å²) in [7, 11) is 1.58. The second-order valence-corrected chi connectivity index (χ2v) is 3.29. The molecule has 4 heteroatoms. The number of hydrogen-bond acceptors (Lipinski definition) is 3. The zero-order valence-electron chi connectivity index (χ0n) is 8.87. The third-order valence-electron chi connectivity index (χ3n) is 1.92. The number of aliphatic hydroxyl groups is 1. The van der Waals surface area contributed by atoms with E-state index in [1.165, 1.54) is 18.2 Å². The van der Waals surface area contributed by atoms with Crippen LogP contribution in [0.3, 0.4) is 0 Å². The van der Waals surface area contributed by atoms with E-state index in [9.17, 15) is 4.39 Å². The molecule has 0 aliphatic heterocycles. The van der Waals surface area contributed by atoms with Crippen molar-refractivity contribution in [1.82, 2.24) is 0 Å². The van der Waals surface area contributed by atoms with E-state index in [4.69, 9.17) is 14.6 Å². The molecular weight excluding hydrogens is 199 g/mol. The van der Waals surface area contributed by atoms with Crippen LogP contribution in [0.4, 0.5) is 4.39 Å². The van der Waals surface area contributed by atoms with Crippen molar-refractivity contribution in [2.75, 3.05) is 13.7 Å². The van der Waals surface area contributed by atoms with Gasteiger partial charge < -0.3 is 14.6 Å². The van der Waals surface area contributed by atoms with Crippen molar-refractivity contribution in [2.24, 2.45) is 0 Å². The van der Waals surface area contributed by atoms with Gasteiger partial charge in [-0.05, 0) is 25.1 Å². The van der Waals surface area contributed by atoms with Gasteiger partial charge in [0, 0.05) is 12.7 Å². The molecule has 0 aromatic heterocycles. The van der Waals surface area contributed by atoms with Crippen LogP contribution in [-0.4, -0.2) is 24.9 Å². The van der Waals surface area contributed by atoms with Crippen molar-refractivity contribution in [3.63, 3.8) is 0 Å². The lowest BCUT2D eigenvalue weighted by Gasteiger charge is -2.16. The number of hydrogen-bond donors (Lipinski definition) is 1. The van der Waals surface area contributed by atoms with Crippen LogP contribution in [0.15, 0.2) is 18.2 Å². The highest BCUT2D eigenvalue weighted by atomic mass is 19.1. The van der Waals surface area contributed by atoms with Crippen molar-refractivity contribution in [1.29, 1.82) is 0 Å². The van der Waals surface area contributed by atoms with Crippen LogP contribution in [0.5, 0.6) is 5.75 Å². The van der Waals surface area contributed by atoms with Crippen LogP contribution >= 0.6 is 0 Å². The molecule has 1 aromatic carbocycles. The Morgan fingerprint density at radius 2 is 2.20 bits per heavy atom. The molecule has 1 unspecified atom stereocenters. The van der Waals surface area contributed by atoms with Gasteiger partial charge in [-0.25, -0.2) is 4.39 Å². The Kier molecular flexibility index (Phi) is 4.52. The molecule has 1 atom stereocenters. The molecule has 0 aliphatic carbocycles. The molecule has 0 saturated carbocycles. The van der Waals surface area contributed by atoms with Gasteiger partial charge in [0.15, 0.2) is 0 Å². The fraction of sp³-hybridized carbons (Fsp3) is 0.455. The molecule has 0 aliphatic rings. The van der Waals surface area contributed by atoms with Gasteiger partial charge in [0.25, 0.3) is 0 Å². The third-order valence-corrected chi connectivity index (χ3v) is 1.92. The van der Waals surface area contributed by atoms with Gasteiger partial charge in [0.2, 0.25) is 0 Å². The van der Waals surface area contributed by atoms with Crippen LogP contribution in [0.1, 0.15) is 12.5 Å².